The second-order valence-corrected chi connectivity index (χ2v) is 3.21. The van der Waals surface area contributed by atoms with Crippen LogP contribution in [0.15, 0.2) is 43.1 Å². The Bertz CT molecular complexity index is 337. The molecular formula is C13H18N+. The first-order valence-electron chi connectivity index (χ1n) is 5.13. The Labute approximate surface area is 86.4 Å². The summed E-state index contributed by atoms with van der Waals surface area (Å²) in [7, 11) is 0. The summed E-state index contributed by atoms with van der Waals surface area (Å²) in [5.74, 6) is 0. The van der Waals surface area contributed by atoms with Crippen LogP contribution in [-0.4, -0.2) is 0 Å². The normalized spacial score (nSPS) is 10.7. The molecule has 0 fully saturated rings. The topological polar surface area (TPSA) is 3.88 Å². The van der Waals surface area contributed by atoms with E-state index in [0.717, 1.165) is 18.5 Å². The van der Waals surface area contributed by atoms with Crippen LogP contribution in [0.2, 0.25) is 0 Å². The van der Waals surface area contributed by atoms with E-state index >= 15 is 0 Å². The third kappa shape index (κ3) is 2.56. The molecule has 0 radical (unpaired) electrons. The van der Waals surface area contributed by atoms with Crippen molar-refractivity contribution in [3.05, 3.63) is 48.8 Å². The minimum atomic E-state index is 0.981. The summed E-state index contributed by atoms with van der Waals surface area (Å²) in [5, 5.41) is 0. The summed E-state index contributed by atoms with van der Waals surface area (Å²) in [6.45, 7) is 9.31. The fraction of sp³-hybridized carbons (Fsp3) is 0.308. The Balaban J connectivity index is 2.94. The van der Waals surface area contributed by atoms with Crippen molar-refractivity contribution in [2.24, 2.45) is 0 Å². The molecule has 1 nitrogen and oxygen atoms in total. The van der Waals surface area contributed by atoms with E-state index in [2.05, 4.69) is 49.4 Å². The predicted octanol–water partition coefficient (Wildman–Crippen LogP) is 2.97. The van der Waals surface area contributed by atoms with Gasteiger partial charge in [-0.25, -0.2) is 0 Å². The SMILES string of the molecule is C=C(/C=C\CC)c1cccc[n+]1CC. The first kappa shape index (κ1) is 10.7. The molecule has 0 aliphatic rings. The zero-order valence-corrected chi connectivity index (χ0v) is 9.03. The zero-order chi connectivity index (χ0) is 10.4. The van der Waals surface area contributed by atoms with Gasteiger partial charge >= 0.3 is 0 Å². The van der Waals surface area contributed by atoms with Crippen molar-refractivity contribution in [3.63, 3.8) is 0 Å². The third-order valence-corrected chi connectivity index (χ3v) is 2.17. The molecule has 1 aromatic heterocycles. The Morgan fingerprint density at radius 3 is 2.86 bits per heavy atom. The molecule has 0 amide bonds. The highest BCUT2D eigenvalue weighted by Crippen LogP contribution is 2.08. The van der Waals surface area contributed by atoms with E-state index in [9.17, 15) is 0 Å². The van der Waals surface area contributed by atoms with E-state index in [1.54, 1.807) is 0 Å². The zero-order valence-electron chi connectivity index (χ0n) is 9.03. The largest absolute Gasteiger partial charge is 0.211 e. The maximum atomic E-state index is 4.06. The Hall–Kier alpha value is -1.37. The van der Waals surface area contributed by atoms with Gasteiger partial charge in [-0.3, -0.25) is 0 Å². The Kier molecular flexibility index (Phi) is 4.11. The highest BCUT2D eigenvalue weighted by Gasteiger charge is 2.07. The van der Waals surface area contributed by atoms with Gasteiger partial charge in [-0.1, -0.05) is 25.7 Å². The van der Waals surface area contributed by atoms with Crippen LogP contribution in [0.1, 0.15) is 26.0 Å². The first-order valence-corrected chi connectivity index (χ1v) is 5.13. The molecule has 14 heavy (non-hydrogen) atoms. The fourth-order valence-corrected chi connectivity index (χ4v) is 1.39. The first-order chi connectivity index (χ1) is 6.79. The summed E-state index contributed by atoms with van der Waals surface area (Å²) in [6, 6.07) is 6.20. The maximum Gasteiger partial charge on any atom is 0.211 e. The van der Waals surface area contributed by atoms with Crippen LogP contribution in [0.3, 0.4) is 0 Å². The summed E-state index contributed by atoms with van der Waals surface area (Å²) < 4.78 is 2.20. The van der Waals surface area contributed by atoms with Crippen molar-refractivity contribution in [1.29, 1.82) is 0 Å². The minimum absolute atomic E-state index is 0.981. The molecule has 0 unspecified atom stereocenters. The summed E-state index contributed by atoms with van der Waals surface area (Å²) in [4.78, 5) is 0. The molecule has 0 N–H and O–H groups in total. The van der Waals surface area contributed by atoms with Gasteiger partial charge in [0.1, 0.15) is 6.54 Å². The van der Waals surface area contributed by atoms with Crippen LogP contribution in [-0.2, 0) is 6.54 Å². The fourth-order valence-electron chi connectivity index (χ4n) is 1.39. The van der Waals surface area contributed by atoms with Gasteiger partial charge < -0.3 is 0 Å². The number of hydrogen-bond acceptors (Lipinski definition) is 0. The van der Waals surface area contributed by atoms with Gasteiger partial charge in [-0.2, -0.15) is 4.57 Å². The second-order valence-electron chi connectivity index (χ2n) is 3.21. The molecule has 74 valence electrons. The molecule has 1 heterocycles. The number of aryl methyl sites for hydroxylation is 1. The number of aromatic nitrogens is 1. The van der Waals surface area contributed by atoms with E-state index < -0.39 is 0 Å². The monoisotopic (exact) mass is 188 g/mol. The summed E-state index contributed by atoms with van der Waals surface area (Å²) >= 11 is 0. The van der Waals surface area contributed by atoms with Crippen molar-refractivity contribution in [1.82, 2.24) is 0 Å². The second kappa shape index (κ2) is 5.38. The molecule has 0 bridgehead atoms. The van der Waals surface area contributed by atoms with E-state index in [-0.39, 0.29) is 0 Å². The molecule has 0 atom stereocenters. The van der Waals surface area contributed by atoms with E-state index in [4.69, 9.17) is 0 Å². The van der Waals surface area contributed by atoms with Gasteiger partial charge in [0.05, 0.1) is 0 Å². The summed E-state index contributed by atoms with van der Waals surface area (Å²) in [5.41, 5.74) is 2.27. The number of nitrogens with zero attached hydrogens (tertiary/aromatic N) is 1. The lowest BCUT2D eigenvalue weighted by Crippen LogP contribution is -2.35. The molecule has 0 aromatic carbocycles. The van der Waals surface area contributed by atoms with E-state index in [1.807, 2.05) is 12.1 Å². The molecule has 1 rings (SSSR count). The molecule has 0 aliphatic heterocycles. The van der Waals surface area contributed by atoms with Gasteiger partial charge in [-0.05, 0) is 19.4 Å². The van der Waals surface area contributed by atoms with Crippen LogP contribution in [0.5, 0.6) is 0 Å². The smallest absolute Gasteiger partial charge is 0.199 e. The molecular weight excluding hydrogens is 170 g/mol. The van der Waals surface area contributed by atoms with Crippen LogP contribution < -0.4 is 4.57 Å². The van der Waals surface area contributed by atoms with Gasteiger partial charge in [-0.15, -0.1) is 0 Å². The quantitative estimate of drug-likeness (QED) is 0.505. The van der Waals surface area contributed by atoms with Gasteiger partial charge in [0, 0.05) is 17.7 Å². The Morgan fingerprint density at radius 1 is 1.43 bits per heavy atom. The lowest BCUT2D eigenvalue weighted by Gasteiger charge is -2.00. The number of hydrogen-bond donors (Lipinski definition) is 0. The molecule has 0 aliphatic carbocycles. The average molecular weight is 188 g/mol. The average Bonchev–Trinajstić information content (AvgIpc) is 2.25. The van der Waals surface area contributed by atoms with Crippen LogP contribution in [0, 0.1) is 0 Å². The highest BCUT2D eigenvalue weighted by molar-refractivity contribution is 5.67. The molecule has 0 saturated carbocycles. The van der Waals surface area contributed by atoms with Crippen LogP contribution in [0.25, 0.3) is 5.57 Å². The number of pyridine rings is 1. The third-order valence-electron chi connectivity index (χ3n) is 2.17. The van der Waals surface area contributed by atoms with E-state index in [0.29, 0.717) is 0 Å². The van der Waals surface area contributed by atoms with Crippen molar-refractivity contribution in [2.45, 2.75) is 26.8 Å². The predicted molar refractivity (Wildman–Crippen MR) is 60.8 cm³/mol. The standard InChI is InChI=1S/C13H18N/c1-4-6-9-12(3)13-10-7-8-11-14(13)5-2/h6-11H,3-5H2,1-2H3/q+1/b9-6-. The number of allylic oxidation sites excluding steroid dienone is 3. The van der Waals surface area contributed by atoms with Gasteiger partial charge in [0.15, 0.2) is 6.20 Å². The molecule has 0 saturated heterocycles. The van der Waals surface area contributed by atoms with Crippen molar-refractivity contribution in [2.75, 3.05) is 0 Å². The molecule has 1 aromatic rings. The van der Waals surface area contributed by atoms with Gasteiger partial charge in [0.25, 0.3) is 0 Å². The van der Waals surface area contributed by atoms with Crippen LogP contribution >= 0.6 is 0 Å². The van der Waals surface area contributed by atoms with Crippen molar-refractivity contribution < 1.29 is 4.57 Å². The van der Waals surface area contributed by atoms with Gasteiger partial charge in [0.2, 0.25) is 5.69 Å². The number of rotatable bonds is 4. The Morgan fingerprint density at radius 2 is 2.21 bits per heavy atom. The lowest BCUT2D eigenvalue weighted by atomic mass is 10.1. The van der Waals surface area contributed by atoms with Crippen molar-refractivity contribution >= 4 is 5.57 Å². The lowest BCUT2D eigenvalue weighted by molar-refractivity contribution is -0.695. The molecule has 0 spiro atoms. The van der Waals surface area contributed by atoms with Crippen molar-refractivity contribution in [3.8, 4) is 0 Å². The van der Waals surface area contributed by atoms with E-state index in [1.165, 1.54) is 5.69 Å². The molecule has 1 heteroatoms. The van der Waals surface area contributed by atoms with Crippen LogP contribution in [0.4, 0.5) is 0 Å². The maximum absolute atomic E-state index is 4.06. The summed E-state index contributed by atoms with van der Waals surface area (Å²) in [6.07, 6.45) is 7.36. The minimum Gasteiger partial charge on any atom is -0.199 e. The highest BCUT2D eigenvalue weighted by atomic mass is 14.9.